The molecule has 1 N–H and O–H groups in total. The average Bonchev–Trinajstić information content (AvgIpc) is 2.41. The molecule has 0 saturated carbocycles. The number of unbranched alkanes of at least 4 members (excludes halogenated alkanes) is 1. The highest BCUT2D eigenvalue weighted by atomic mass is 16.1. The van der Waals surface area contributed by atoms with Crippen molar-refractivity contribution >= 4 is 12.0 Å². The van der Waals surface area contributed by atoms with Crippen LogP contribution in [0.25, 0.3) is 6.08 Å². The molecular weight excluding hydrogens is 222 g/mol. The zero-order chi connectivity index (χ0) is 13.2. The molecule has 1 amide bonds. The monoisotopic (exact) mass is 245 g/mol. The van der Waals surface area contributed by atoms with Gasteiger partial charge in [-0.3, -0.25) is 4.79 Å². The molecule has 0 bridgehead atoms. The van der Waals surface area contributed by atoms with Crippen molar-refractivity contribution in [2.45, 2.75) is 33.1 Å². The van der Waals surface area contributed by atoms with Crippen LogP contribution in [0.3, 0.4) is 0 Å². The molecule has 2 nitrogen and oxygen atoms in total. The van der Waals surface area contributed by atoms with Crippen molar-refractivity contribution in [2.24, 2.45) is 5.92 Å². The highest BCUT2D eigenvalue weighted by Crippen LogP contribution is 2.07. The number of hydrogen-bond acceptors (Lipinski definition) is 1. The van der Waals surface area contributed by atoms with Crippen LogP contribution in [0, 0.1) is 5.92 Å². The fraction of sp³-hybridized carbons (Fsp3) is 0.438. The molecule has 0 aliphatic rings. The second-order valence-electron chi connectivity index (χ2n) is 4.60. The third kappa shape index (κ3) is 5.67. The average molecular weight is 245 g/mol. The van der Waals surface area contributed by atoms with Gasteiger partial charge in [0.1, 0.15) is 0 Å². The third-order valence-corrected chi connectivity index (χ3v) is 2.94. The van der Waals surface area contributed by atoms with Crippen LogP contribution in [0.5, 0.6) is 0 Å². The molecule has 0 spiro atoms. The van der Waals surface area contributed by atoms with Gasteiger partial charge in [0, 0.05) is 12.5 Å². The fourth-order valence-corrected chi connectivity index (χ4v) is 1.73. The van der Waals surface area contributed by atoms with Crippen molar-refractivity contribution in [3.63, 3.8) is 0 Å². The van der Waals surface area contributed by atoms with Gasteiger partial charge in [0.2, 0.25) is 5.91 Å². The quantitative estimate of drug-likeness (QED) is 0.780. The Kier molecular flexibility index (Phi) is 6.85. The third-order valence-electron chi connectivity index (χ3n) is 2.94. The number of amides is 1. The van der Waals surface area contributed by atoms with Crippen LogP contribution < -0.4 is 5.32 Å². The van der Waals surface area contributed by atoms with Crippen molar-refractivity contribution in [3.05, 3.63) is 42.0 Å². The Bertz CT molecular complexity index is 370. The first-order valence-electron chi connectivity index (χ1n) is 6.73. The van der Waals surface area contributed by atoms with Crippen LogP contribution in [0.15, 0.2) is 36.4 Å². The summed E-state index contributed by atoms with van der Waals surface area (Å²) in [5, 5.41) is 2.94. The summed E-state index contributed by atoms with van der Waals surface area (Å²) in [6.45, 7) is 4.74. The molecule has 0 radical (unpaired) electrons. The molecule has 98 valence electrons. The SMILES string of the molecule is CCCC[C@@H](C)C(=O)NCC=Cc1ccccc1. The van der Waals surface area contributed by atoms with E-state index in [2.05, 4.69) is 12.2 Å². The van der Waals surface area contributed by atoms with Crippen LogP contribution in [0.4, 0.5) is 0 Å². The summed E-state index contributed by atoms with van der Waals surface area (Å²) >= 11 is 0. The van der Waals surface area contributed by atoms with Gasteiger partial charge >= 0.3 is 0 Å². The number of carbonyl (C=O) groups is 1. The summed E-state index contributed by atoms with van der Waals surface area (Å²) in [5.74, 6) is 0.274. The number of carbonyl (C=O) groups excluding carboxylic acids is 1. The number of hydrogen-bond donors (Lipinski definition) is 1. The molecule has 0 unspecified atom stereocenters. The zero-order valence-electron chi connectivity index (χ0n) is 11.4. The summed E-state index contributed by atoms with van der Waals surface area (Å²) in [6, 6.07) is 10.1. The normalized spacial score (nSPS) is 12.6. The lowest BCUT2D eigenvalue weighted by Gasteiger charge is -2.09. The zero-order valence-corrected chi connectivity index (χ0v) is 11.4. The van der Waals surface area contributed by atoms with Crippen molar-refractivity contribution in [2.75, 3.05) is 6.54 Å². The topological polar surface area (TPSA) is 29.1 Å². The maximum absolute atomic E-state index is 11.7. The number of rotatable bonds is 7. The van der Waals surface area contributed by atoms with E-state index in [-0.39, 0.29) is 11.8 Å². The van der Waals surface area contributed by atoms with Gasteiger partial charge in [-0.25, -0.2) is 0 Å². The first-order valence-corrected chi connectivity index (χ1v) is 6.73. The van der Waals surface area contributed by atoms with Gasteiger partial charge < -0.3 is 5.32 Å². The Labute approximate surface area is 110 Å². The summed E-state index contributed by atoms with van der Waals surface area (Å²) in [7, 11) is 0. The first-order chi connectivity index (χ1) is 8.74. The highest BCUT2D eigenvalue weighted by Gasteiger charge is 2.10. The molecule has 1 rings (SSSR count). The molecule has 0 aliphatic heterocycles. The number of nitrogens with one attached hydrogen (secondary N) is 1. The summed E-state index contributed by atoms with van der Waals surface area (Å²) in [6.07, 6.45) is 7.25. The van der Waals surface area contributed by atoms with Gasteiger partial charge in [-0.15, -0.1) is 0 Å². The lowest BCUT2D eigenvalue weighted by atomic mass is 10.0. The summed E-state index contributed by atoms with van der Waals surface area (Å²) in [5.41, 5.74) is 1.16. The maximum Gasteiger partial charge on any atom is 0.223 e. The molecule has 2 heteroatoms. The summed E-state index contributed by atoms with van der Waals surface area (Å²) in [4.78, 5) is 11.7. The Morgan fingerprint density at radius 2 is 2.06 bits per heavy atom. The predicted molar refractivity (Wildman–Crippen MR) is 77.2 cm³/mol. The van der Waals surface area contributed by atoms with Crippen molar-refractivity contribution < 1.29 is 4.79 Å². The largest absolute Gasteiger partial charge is 0.352 e. The number of benzene rings is 1. The molecule has 1 atom stereocenters. The molecule has 0 saturated heterocycles. The van der Waals surface area contributed by atoms with Gasteiger partial charge in [-0.05, 0) is 12.0 Å². The molecular formula is C16H23NO. The fourth-order valence-electron chi connectivity index (χ4n) is 1.73. The molecule has 0 heterocycles. The Balaban J connectivity index is 2.25. The van der Waals surface area contributed by atoms with Crippen LogP contribution >= 0.6 is 0 Å². The van der Waals surface area contributed by atoms with Gasteiger partial charge in [-0.2, -0.15) is 0 Å². The van der Waals surface area contributed by atoms with E-state index in [1.807, 2.05) is 49.4 Å². The molecule has 1 aromatic carbocycles. The predicted octanol–water partition coefficient (Wildman–Crippen LogP) is 3.64. The van der Waals surface area contributed by atoms with E-state index in [1.54, 1.807) is 0 Å². The smallest absolute Gasteiger partial charge is 0.223 e. The van der Waals surface area contributed by atoms with Crippen molar-refractivity contribution in [1.82, 2.24) is 5.32 Å². The van der Waals surface area contributed by atoms with E-state index >= 15 is 0 Å². The Morgan fingerprint density at radius 1 is 1.33 bits per heavy atom. The molecule has 1 aromatic rings. The van der Waals surface area contributed by atoms with E-state index in [0.717, 1.165) is 24.8 Å². The van der Waals surface area contributed by atoms with E-state index in [1.165, 1.54) is 0 Å². The molecule has 0 aliphatic carbocycles. The van der Waals surface area contributed by atoms with E-state index < -0.39 is 0 Å². The first kappa shape index (κ1) is 14.5. The lowest BCUT2D eigenvalue weighted by Crippen LogP contribution is -2.29. The second-order valence-corrected chi connectivity index (χ2v) is 4.60. The van der Waals surface area contributed by atoms with Crippen LogP contribution in [0.2, 0.25) is 0 Å². The van der Waals surface area contributed by atoms with Crippen LogP contribution in [-0.4, -0.2) is 12.5 Å². The summed E-state index contributed by atoms with van der Waals surface area (Å²) < 4.78 is 0. The standard InChI is InChI=1S/C16H23NO/c1-3-4-9-14(2)16(18)17-13-8-12-15-10-6-5-7-11-15/h5-8,10-12,14H,3-4,9,13H2,1-2H3,(H,17,18)/t14-/m1/s1. The Morgan fingerprint density at radius 3 is 2.72 bits per heavy atom. The van der Waals surface area contributed by atoms with Crippen LogP contribution in [-0.2, 0) is 4.79 Å². The van der Waals surface area contributed by atoms with Gasteiger partial charge in [0.15, 0.2) is 0 Å². The molecule has 18 heavy (non-hydrogen) atoms. The van der Waals surface area contributed by atoms with Crippen LogP contribution in [0.1, 0.15) is 38.7 Å². The van der Waals surface area contributed by atoms with E-state index in [9.17, 15) is 4.79 Å². The Hall–Kier alpha value is -1.57. The molecule has 0 fully saturated rings. The minimum absolute atomic E-state index is 0.120. The minimum atomic E-state index is 0.120. The van der Waals surface area contributed by atoms with Crippen molar-refractivity contribution in [1.29, 1.82) is 0 Å². The minimum Gasteiger partial charge on any atom is -0.352 e. The second kappa shape index (κ2) is 8.51. The van der Waals surface area contributed by atoms with E-state index in [0.29, 0.717) is 6.54 Å². The maximum atomic E-state index is 11.7. The van der Waals surface area contributed by atoms with Gasteiger partial charge in [0.25, 0.3) is 0 Å². The van der Waals surface area contributed by atoms with Gasteiger partial charge in [-0.1, -0.05) is 69.2 Å². The van der Waals surface area contributed by atoms with Gasteiger partial charge in [0.05, 0.1) is 0 Å². The molecule has 0 aromatic heterocycles. The highest BCUT2D eigenvalue weighted by molar-refractivity contribution is 5.78. The lowest BCUT2D eigenvalue weighted by molar-refractivity contribution is -0.124. The van der Waals surface area contributed by atoms with E-state index in [4.69, 9.17) is 0 Å². The van der Waals surface area contributed by atoms with Crippen molar-refractivity contribution in [3.8, 4) is 0 Å².